The fourth-order valence-corrected chi connectivity index (χ4v) is 2.52. The highest BCUT2D eigenvalue weighted by Gasteiger charge is 2.31. The van der Waals surface area contributed by atoms with Gasteiger partial charge in [0.2, 0.25) is 0 Å². The van der Waals surface area contributed by atoms with Crippen molar-refractivity contribution in [3.8, 4) is 16.9 Å². The number of aldehydes is 1. The van der Waals surface area contributed by atoms with Gasteiger partial charge in [-0.15, -0.1) is 0 Å². The van der Waals surface area contributed by atoms with Crippen LogP contribution < -0.4 is 4.74 Å². The Morgan fingerprint density at radius 2 is 1.85 bits per heavy atom. The quantitative estimate of drug-likeness (QED) is 0.565. The molecule has 0 aliphatic heterocycles. The molecule has 0 aliphatic rings. The molecule has 0 unspecified atom stereocenters. The fraction of sp³-hybridized carbons (Fsp3) is 0.263. The van der Waals surface area contributed by atoms with Gasteiger partial charge in [-0.1, -0.05) is 12.1 Å². The Balaban J connectivity index is 2.45. The molecule has 0 saturated heterocycles. The first kappa shape index (κ1) is 19.5. The second-order valence-corrected chi connectivity index (χ2v) is 5.54. The van der Waals surface area contributed by atoms with Crippen LogP contribution >= 0.6 is 0 Å². The van der Waals surface area contributed by atoms with Gasteiger partial charge in [-0.25, -0.2) is 0 Å². The number of rotatable bonds is 6. The minimum atomic E-state index is -4.54. The lowest BCUT2D eigenvalue weighted by Gasteiger charge is -2.14. The Hall–Kier alpha value is -2.83. The number of hydrogen-bond acceptors (Lipinski definition) is 4. The molecule has 0 heterocycles. The average Bonchev–Trinajstić information content (AvgIpc) is 2.60. The predicted octanol–water partition coefficient (Wildman–Crippen LogP) is 4.30. The Morgan fingerprint density at radius 3 is 2.42 bits per heavy atom. The molecule has 4 nitrogen and oxygen atoms in total. The molecule has 26 heavy (non-hydrogen) atoms. The SMILES string of the molecule is COc1ccc(CCOC(C)=O)cc1-c1ccc(C(F)(F)F)cc1C=O. The molecule has 0 saturated carbocycles. The molecule has 0 amide bonds. The van der Waals surface area contributed by atoms with Crippen LogP contribution in [-0.2, 0) is 22.1 Å². The van der Waals surface area contributed by atoms with Crippen LogP contribution in [0.1, 0.15) is 28.4 Å². The third-order valence-electron chi connectivity index (χ3n) is 3.76. The molecule has 0 bridgehead atoms. The van der Waals surface area contributed by atoms with Crippen LogP contribution in [0.15, 0.2) is 36.4 Å². The third-order valence-corrected chi connectivity index (χ3v) is 3.76. The monoisotopic (exact) mass is 366 g/mol. The number of methoxy groups -OCH3 is 1. The zero-order valence-corrected chi connectivity index (χ0v) is 14.2. The van der Waals surface area contributed by atoms with E-state index in [4.69, 9.17) is 9.47 Å². The van der Waals surface area contributed by atoms with Crippen LogP contribution in [0.25, 0.3) is 11.1 Å². The van der Waals surface area contributed by atoms with E-state index in [1.807, 2.05) is 0 Å². The van der Waals surface area contributed by atoms with Crippen LogP contribution in [0.3, 0.4) is 0 Å². The molecule has 0 atom stereocenters. The number of ether oxygens (including phenoxy) is 2. The van der Waals surface area contributed by atoms with Gasteiger partial charge in [-0.2, -0.15) is 13.2 Å². The molecule has 7 heteroatoms. The molecule has 0 aromatic heterocycles. The van der Waals surface area contributed by atoms with Gasteiger partial charge in [0, 0.05) is 24.5 Å². The van der Waals surface area contributed by atoms with Gasteiger partial charge in [-0.05, 0) is 35.4 Å². The van der Waals surface area contributed by atoms with Gasteiger partial charge in [0.25, 0.3) is 0 Å². The standard InChI is InChI=1S/C19H17F3O4/c1-12(24)26-8-7-13-3-6-18(25-2)17(9-13)16-5-4-15(19(20,21)22)10-14(16)11-23/h3-6,9-11H,7-8H2,1-2H3. The summed E-state index contributed by atoms with van der Waals surface area (Å²) in [5.41, 5.74) is 0.630. The third kappa shape index (κ3) is 4.62. The Bertz CT molecular complexity index is 813. The van der Waals surface area contributed by atoms with Crippen molar-refractivity contribution in [1.29, 1.82) is 0 Å². The molecule has 2 aromatic carbocycles. The van der Waals surface area contributed by atoms with Crippen molar-refractivity contribution >= 4 is 12.3 Å². The first-order chi connectivity index (χ1) is 12.3. The highest BCUT2D eigenvalue weighted by atomic mass is 19.4. The lowest BCUT2D eigenvalue weighted by molar-refractivity contribution is -0.141. The van der Waals surface area contributed by atoms with Gasteiger partial charge in [0.05, 0.1) is 19.3 Å². The van der Waals surface area contributed by atoms with Crippen LogP contribution in [-0.4, -0.2) is 26.0 Å². The molecule has 0 N–H and O–H groups in total. The van der Waals surface area contributed by atoms with Crippen molar-refractivity contribution in [2.24, 2.45) is 0 Å². The van der Waals surface area contributed by atoms with Crippen molar-refractivity contribution < 1.29 is 32.2 Å². The number of alkyl halides is 3. The molecule has 138 valence electrons. The zero-order valence-electron chi connectivity index (χ0n) is 14.2. The summed E-state index contributed by atoms with van der Waals surface area (Å²) in [7, 11) is 1.43. The number of carbonyl (C=O) groups excluding carboxylic acids is 2. The summed E-state index contributed by atoms with van der Waals surface area (Å²) in [6.45, 7) is 1.48. The van der Waals surface area contributed by atoms with Crippen LogP contribution in [0.5, 0.6) is 5.75 Å². The second-order valence-electron chi connectivity index (χ2n) is 5.54. The van der Waals surface area contributed by atoms with Crippen molar-refractivity contribution in [2.45, 2.75) is 19.5 Å². The van der Waals surface area contributed by atoms with Crippen molar-refractivity contribution in [2.75, 3.05) is 13.7 Å². The first-order valence-corrected chi connectivity index (χ1v) is 7.73. The van der Waals surface area contributed by atoms with E-state index in [0.717, 1.165) is 17.7 Å². The van der Waals surface area contributed by atoms with Crippen molar-refractivity contribution in [1.82, 2.24) is 0 Å². The number of carbonyl (C=O) groups is 2. The Morgan fingerprint density at radius 1 is 1.12 bits per heavy atom. The van der Waals surface area contributed by atoms with Gasteiger partial charge in [0.15, 0.2) is 6.29 Å². The van der Waals surface area contributed by atoms with E-state index in [9.17, 15) is 22.8 Å². The van der Waals surface area contributed by atoms with E-state index in [0.29, 0.717) is 29.6 Å². The number of hydrogen-bond donors (Lipinski definition) is 0. The lowest BCUT2D eigenvalue weighted by atomic mass is 9.95. The van der Waals surface area contributed by atoms with Crippen molar-refractivity contribution in [3.05, 3.63) is 53.1 Å². The Kier molecular flexibility index (Phi) is 6.02. The second kappa shape index (κ2) is 8.03. The number of esters is 1. The van der Waals surface area contributed by atoms with Gasteiger partial charge in [0.1, 0.15) is 5.75 Å². The molecular weight excluding hydrogens is 349 g/mol. The summed E-state index contributed by atoms with van der Waals surface area (Å²) in [5.74, 6) is 0.0220. The summed E-state index contributed by atoms with van der Waals surface area (Å²) >= 11 is 0. The lowest BCUT2D eigenvalue weighted by Crippen LogP contribution is -2.06. The highest BCUT2D eigenvalue weighted by molar-refractivity contribution is 5.89. The maximum absolute atomic E-state index is 12.9. The van der Waals surface area contributed by atoms with E-state index < -0.39 is 17.7 Å². The van der Waals surface area contributed by atoms with Crippen LogP contribution in [0.2, 0.25) is 0 Å². The van der Waals surface area contributed by atoms with E-state index in [-0.39, 0.29) is 12.2 Å². The van der Waals surface area contributed by atoms with Crippen molar-refractivity contribution in [3.63, 3.8) is 0 Å². The molecule has 2 rings (SSSR count). The summed E-state index contributed by atoms with van der Waals surface area (Å²) in [6.07, 6.45) is -3.73. The van der Waals surface area contributed by atoms with E-state index in [2.05, 4.69) is 0 Å². The molecule has 0 spiro atoms. The Labute approximate surface area is 148 Å². The minimum absolute atomic E-state index is 0.0877. The van der Waals surface area contributed by atoms with Crippen LogP contribution in [0.4, 0.5) is 13.2 Å². The number of halogens is 3. The van der Waals surface area contributed by atoms with Gasteiger partial charge in [-0.3, -0.25) is 9.59 Å². The summed E-state index contributed by atoms with van der Waals surface area (Å²) in [5, 5.41) is 0. The molecule has 0 aliphatic carbocycles. The largest absolute Gasteiger partial charge is 0.496 e. The molecule has 0 fully saturated rings. The minimum Gasteiger partial charge on any atom is -0.496 e. The summed E-state index contributed by atoms with van der Waals surface area (Å²) in [6, 6.07) is 8.11. The van der Waals surface area contributed by atoms with Gasteiger partial charge < -0.3 is 9.47 Å². The molecule has 0 radical (unpaired) electrons. The topological polar surface area (TPSA) is 52.6 Å². The van der Waals surface area contributed by atoms with Gasteiger partial charge >= 0.3 is 12.1 Å². The zero-order chi connectivity index (χ0) is 19.3. The van der Waals surface area contributed by atoms with Crippen LogP contribution in [0, 0.1) is 0 Å². The van der Waals surface area contributed by atoms with E-state index >= 15 is 0 Å². The molecular formula is C19H17F3O4. The normalized spacial score (nSPS) is 11.1. The van der Waals surface area contributed by atoms with E-state index in [1.54, 1.807) is 18.2 Å². The summed E-state index contributed by atoms with van der Waals surface area (Å²) < 4.78 is 48.8. The fourth-order valence-electron chi connectivity index (χ4n) is 2.52. The smallest absolute Gasteiger partial charge is 0.416 e. The highest BCUT2D eigenvalue weighted by Crippen LogP contribution is 2.36. The predicted molar refractivity (Wildman–Crippen MR) is 89.2 cm³/mol. The first-order valence-electron chi connectivity index (χ1n) is 7.73. The maximum Gasteiger partial charge on any atom is 0.416 e. The maximum atomic E-state index is 12.9. The summed E-state index contributed by atoms with van der Waals surface area (Å²) in [4.78, 5) is 22.2. The average molecular weight is 366 g/mol. The molecule has 2 aromatic rings. The number of benzene rings is 2. The van der Waals surface area contributed by atoms with E-state index in [1.165, 1.54) is 20.1 Å².